The van der Waals surface area contributed by atoms with E-state index in [-0.39, 0.29) is 5.91 Å². The summed E-state index contributed by atoms with van der Waals surface area (Å²) in [5.74, 6) is -0.118. The molecule has 2 amide bonds. The van der Waals surface area contributed by atoms with Crippen molar-refractivity contribution in [1.29, 1.82) is 0 Å². The number of benzene rings is 1. The molecule has 1 aromatic rings. The number of carbonyl (C=O) groups is 2. The fraction of sp³-hybridized carbons (Fsp3) is 0.333. The number of aryl methyl sites for hydroxylation is 1. The summed E-state index contributed by atoms with van der Waals surface area (Å²) in [6.45, 7) is 2.22. The van der Waals surface area contributed by atoms with Crippen LogP contribution >= 0.6 is 0 Å². The van der Waals surface area contributed by atoms with Crippen LogP contribution in [0.3, 0.4) is 0 Å². The molecule has 0 saturated heterocycles. The second-order valence-electron chi connectivity index (χ2n) is 4.10. The quantitative estimate of drug-likeness (QED) is 0.750. The van der Waals surface area contributed by atoms with Gasteiger partial charge in [0, 0.05) is 0 Å². The highest BCUT2D eigenvalue weighted by Crippen LogP contribution is 2.22. The van der Waals surface area contributed by atoms with Crippen molar-refractivity contribution in [2.75, 3.05) is 31.3 Å². The van der Waals surface area contributed by atoms with Gasteiger partial charge in [-0.2, -0.15) is 0 Å². The summed E-state index contributed by atoms with van der Waals surface area (Å²) in [5.41, 5.74) is 2.22. The van der Waals surface area contributed by atoms with Crippen molar-refractivity contribution in [3.05, 3.63) is 23.8 Å². The molecule has 0 heterocycles. The molecule has 0 aliphatic rings. The average Bonchev–Trinajstić information content (AvgIpc) is 2.21. The van der Waals surface area contributed by atoms with Crippen LogP contribution in [0.15, 0.2) is 18.2 Å². The van der Waals surface area contributed by atoms with Crippen molar-refractivity contribution in [3.8, 4) is 0 Å². The molecule has 92 valence electrons. The number of likely N-dealkylation sites (N-methyl/N-ethyl adjacent to an activating group) is 1. The van der Waals surface area contributed by atoms with Gasteiger partial charge >= 0.3 is 0 Å². The van der Waals surface area contributed by atoms with Crippen molar-refractivity contribution >= 4 is 23.7 Å². The van der Waals surface area contributed by atoms with Crippen molar-refractivity contribution in [2.24, 2.45) is 0 Å². The van der Waals surface area contributed by atoms with Gasteiger partial charge in [0.05, 0.1) is 17.9 Å². The molecule has 0 fully saturated rings. The van der Waals surface area contributed by atoms with Crippen LogP contribution in [0.25, 0.3) is 0 Å². The SMILES string of the molecule is Cc1ccc(NC(=O)CN(C)C)c(NC=O)c1. The second kappa shape index (κ2) is 6.00. The lowest BCUT2D eigenvalue weighted by atomic mass is 10.2. The van der Waals surface area contributed by atoms with Crippen LogP contribution in [-0.4, -0.2) is 37.9 Å². The molecular formula is C12H17N3O2. The van der Waals surface area contributed by atoms with Crippen LogP contribution in [0.2, 0.25) is 0 Å². The maximum Gasteiger partial charge on any atom is 0.238 e. The fourth-order valence-corrected chi connectivity index (χ4v) is 1.43. The van der Waals surface area contributed by atoms with E-state index in [1.54, 1.807) is 17.0 Å². The first-order valence-corrected chi connectivity index (χ1v) is 5.28. The Hall–Kier alpha value is -1.88. The molecule has 0 radical (unpaired) electrons. The van der Waals surface area contributed by atoms with Gasteiger partial charge in [-0.1, -0.05) is 6.07 Å². The first kappa shape index (κ1) is 13.2. The van der Waals surface area contributed by atoms with Crippen LogP contribution in [-0.2, 0) is 9.59 Å². The maximum atomic E-state index is 11.6. The zero-order chi connectivity index (χ0) is 12.8. The number of hydrogen-bond acceptors (Lipinski definition) is 3. The van der Waals surface area contributed by atoms with Gasteiger partial charge in [-0.3, -0.25) is 9.59 Å². The largest absolute Gasteiger partial charge is 0.327 e. The van der Waals surface area contributed by atoms with Gasteiger partial charge in [0.2, 0.25) is 12.3 Å². The highest BCUT2D eigenvalue weighted by Gasteiger charge is 2.07. The number of rotatable bonds is 5. The number of anilines is 2. The van der Waals surface area contributed by atoms with E-state index in [2.05, 4.69) is 10.6 Å². The van der Waals surface area contributed by atoms with E-state index in [4.69, 9.17) is 0 Å². The van der Waals surface area contributed by atoms with E-state index in [1.807, 2.05) is 27.1 Å². The molecule has 0 unspecified atom stereocenters. The van der Waals surface area contributed by atoms with Crippen LogP contribution < -0.4 is 10.6 Å². The molecule has 1 rings (SSSR count). The van der Waals surface area contributed by atoms with Gasteiger partial charge < -0.3 is 15.5 Å². The monoisotopic (exact) mass is 235 g/mol. The molecule has 2 N–H and O–H groups in total. The Kier molecular flexibility index (Phi) is 4.66. The smallest absolute Gasteiger partial charge is 0.238 e. The normalized spacial score (nSPS) is 10.1. The molecule has 0 aliphatic heterocycles. The Labute approximate surface area is 101 Å². The molecule has 0 saturated carbocycles. The number of amides is 2. The summed E-state index contributed by atoms with van der Waals surface area (Å²) in [4.78, 5) is 23.8. The zero-order valence-electron chi connectivity index (χ0n) is 10.3. The summed E-state index contributed by atoms with van der Waals surface area (Å²) < 4.78 is 0. The van der Waals surface area contributed by atoms with Crippen molar-refractivity contribution in [2.45, 2.75) is 6.92 Å². The molecule has 5 heteroatoms. The zero-order valence-corrected chi connectivity index (χ0v) is 10.3. The average molecular weight is 235 g/mol. The number of carbonyl (C=O) groups excluding carboxylic acids is 2. The Bertz CT molecular complexity index is 416. The fourth-order valence-electron chi connectivity index (χ4n) is 1.43. The third kappa shape index (κ3) is 4.24. The first-order valence-electron chi connectivity index (χ1n) is 5.28. The lowest BCUT2D eigenvalue weighted by molar-refractivity contribution is -0.116. The predicted molar refractivity (Wildman–Crippen MR) is 68.0 cm³/mol. The molecule has 5 nitrogen and oxygen atoms in total. The minimum atomic E-state index is -0.118. The van der Waals surface area contributed by atoms with Gasteiger partial charge in [0.1, 0.15) is 0 Å². The van der Waals surface area contributed by atoms with Gasteiger partial charge in [-0.25, -0.2) is 0 Å². The van der Waals surface area contributed by atoms with E-state index < -0.39 is 0 Å². The summed E-state index contributed by atoms with van der Waals surface area (Å²) in [6.07, 6.45) is 0.594. The minimum absolute atomic E-state index is 0.118. The number of hydrogen-bond donors (Lipinski definition) is 2. The maximum absolute atomic E-state index is 11.6. The van der Waals surface area contributed by atoms with Crippen LogP contribution in [0.5, 0.6) is 0 Å². The molecule has 17 heavy (non-hydrogen) atoms. The van der Waals surface area contributed by atoms with Crippen molar-refractivity contribution in [1.82, 2.24) is 4.90 Å². The minimum Gasteiger partial charge on any atom is -0.327 e. The van der Waals surface area contributed by atoms with Crippen LogP contribution in [0.4, 0.5) is 11.4 Å². The third-order valence-electron chi connectivity index (χ3n) is 2.12. The Morgan fingerprint density at radius 1 is 1.35 bits per heavy atom. The predicted octanol–water partition coefficient (Wildman–Crippen LogP) is 1.06. The van der Waals surface area contributed by atoms with Crippen LogP contribution in [0.1, 0.15) is 5.56 Å². The molecule has 0 spiro atoms. The molecule has 1 aromatic carbocycles. The lowest BCUT2D eigenvalue weighted by Gasteiger charge is -2.13. The van der Waals surface area contributed by atoms with E-state index in [0.29, 0.717) is 24.3 Å². The number of nitrogens with one attached hydrogen (secondary N) is 2. The number of nitrogens with zero attached hydrogens (tertiary/aromatic N) is 1. The van der Waals surface area contributed by atoms with E-state index in [1.165, 1.54) is 0 Å². The summed E-state index contributed by atoms with van der Waals surface area (Å²) in [6, 6.07) is 5.45. The highest BCUT2D eigenvalue weighted by molar-refractivity contribution is 5.97. The third-order valence-corrected chi connectivity index (χ3v) is 2.12. The van der Waals surface area contributed by atoms with Gasteiger partial charge in [0.15, 0.2) is 0 Å². The Morgan fingerprint density at radius 2 is 2.06 bits per heavy atom. The highest BCUT2D eigenvalue weighted by atomic mass is 16.2. The van der Waals surface area contributed by atoms with Crippen molar-refractivity contribution in [3.63, 3.8) is 0 Å². The molecule has 0 aliphatic carbocycles. The van der Waals surface area contributed by atoms with Crippen LogP contribution in [0, 0.1) is 6.92 Å². The standard InChI is InChI=1S/C12H17N3O2/c1-9-4-5-10(11(6-9)13-8-16)14-12(17)7-15(2)3/h4-6,8H,7H2,1-3H3,(H,13,16)(H,14,17). The first-order chi connectivity index (χ1) is 8.02. The topological polar surface area (TPSA) is 61.4 Å². The van der Waals surface area contributed by atoms with E-state index in [9.17, 15) is 9.59 Å². The van der Waals surface area contributed by atoms with E-state index in [0.717, 1.165) is 5.56 Å². The molecule has 0 bridgehead atoms. The van der Waals surface area contributed by atoms with Gasteiger partial charge in [0.25, 0.3) is 0 Å². The van der Waals surface area contributed by atoms with Crippen molar-refractivity contribution < 1.29 is 9.59 Å². The summed E-state index contributed by atoms with van der Waals surface area (Å²) in [7, 11) is 3.64. The van der Waals surface area contributed by atoms with Gasteiger partial charge in [-0.05, 0) is 38.7 Å². The van der Waals surface area contributed by atoms with E-state index >= 15 is 0 Å². The lowest BCUT2D eigenvalue weighted by Crippen LogP contribution is -2.27. The summed E-state index contributed by atoms with van der Waals surface area (Å²) >= 11 is 0. The van der Waals surface area contributed by atoms with Gasteiger partial charge in [-0.15, -0.1) is 0 Å². The molecule has 0 atom stereocenters. The second-order valence-corrected chi connectivity index (χ2v) is 4.10. The summed E-state index contributed by atoms with van der Waals surface area (Å²) in [5, 5.41) is 5.32. The molecular weight excluding hydrogens is 218 g/mol. The Balaban J connectivity index is 2.82. The molecule has 0 aromatic heterocycles. The Morgan fingerprint density at radius 3 is 2.65 bits per heavy atom.